The van der Waals surface area contributed by atoms with Crippen LogP contribution in [0.15, 0.2) is 64.3 Å². The standard InChI is InChI=1S/C26H21F2N5O3/c1-14-5-3-4-6-17(14)10-22(24(34)31-15(2)23-20(28)9-16(12-29)13-30-23)33-25(35)19-11-18(27)7-8-21(19)32-26(33)36/h3-9,11,13,15,22H,10H2,1-2H3,(H,31,34)(H,32,36)/t15-,22+/m1/s1. The second-order valence-corrected chi connectivity index (χ2v) is 8.37. The van der Waals surface area contributed by atoms with Gasteiger partial charge < -0.3 is 10.3 Å². The van der Waals surface area contributed by atoms with Crippen molar-refractivity contribution < 1.29 is 13.6 Å². The van der Waals surface area contributed by atoms with E-state index in [0.717, 1.165) is 28.3 Å². The van der Waals surface area contributed by atoms with Crippen molar-refractivity contribution in [2.75, 3.05) is 0 Å². The maximum atomic E-state index is 14.5. The van der Waals surface area contributed by atoms with Gasteiger partial charge in [0, 0.05) is 12.6 Å². The van der Waals surface area contributed by atoms with Crippen molar-refractivity contribution in [3.8, 4) is 6.07 Å². The van der Waals surface area contributed by atoms with E-state index in [1.54, 1.807) is 18.2 Å². The van der Waals surface area contributed by atoms with Crippen LogP contribution >= 0.6 is 0 Å². The molecule has 0 saturated carbocycles. The predicted molar refractivity (Wildman–Crippen MR) is 128 cm³/mol. The summed E-state index contributed by atoms with van der Waals surface area (Å²) in [6, 6.07) is 11.0. The highest BCUT2D eigenvalue weighted by Gasteiger charge is 2.28. The Labute approximate surface area is 203 Å². The Hall–Kier alpha value is -4.65. The Bertz CT molecular complexity index is 1640. The third-order valence-corrected chi connectivity index (χ3v) is 5.95. The van der Waals surface area contributed by atoms with Crippen LogP contribution in [0.4, 0.5) is 8.78 Å². The first-order chi connectivity index (χ1) is 17.2. The number of fused-ring (bicyclic) bond motifs is 1. The Kier molecular flexibility index (Phi) is 6.74. The topological polar surface area (TPSA) is 121 Å². The summed E-state index contributed by atoms with van der Waals surface area (Å²) in [5, 5.41) is 11.5. The zero-order chi connectivity index (χ0) is 26.0. The molecule has 0 saturated heterocycles. The van der Waals surface area contributed by atoms with Crippen LogP contribution in [-0.4, -0.2) is 20.4 Å². The molecule has 36 heavy (non-hydrogen) atoms. The van der Waals surface area contributed by atoms with Crippen LogP contribution in [0.1, 0.15) is 41.4 Å². The first-order valence-electron chi connectivity index (χ1n) is 11.0. The van der Waals surface area contributed by atoms with Crippen molar-refractivity contribution in [2.24, 2.45) is 0 Å². The fourth-order valence-electron chi connectivity index (χ4n) is 4.04. The lowest BCUT2D eigenvalue weighted by Crippen LogP contribution is -2.46. The lowest BCUT2D eigenvalue weighted by atomic mass is 10.00. The van der Waals surface area contributed by atoms with Gasteiger partial charge in [-0.05, 0) is 49.2 Å². The van der Waals surface area contributed by atoms with E-state index in [1.807, 2.05) is 19.1 Å². The number of pyridine rings is 1. The normalized spacial score (nSPS) is 12.6. The number of nitrogens with one attached hydrogen (secondary N) is 2. The molecule has 182 valence electrons. The van der Waals surface area contributed by atoms with Gasteiger partial charge in [0.15, 0.2) is 0 Å². The number of hydrogen-bond acceptors (Lipinski definition) is 5. The second-order valence-electron chi connectivity index (χ2n) is 8.37. The minimum Gasteiger partial charge on any atom is -0.346 e. The number of carbonyl (C=O) groups excluding carboxylic acids is 1. The lowest BCUT2D eigenvalue weighted by molar-refractivity contribution is -0.125. The van der Waals surface area contributed by atoms with Crippen LogP contribution in [0.5, 0.6) is 0 Å². The van der Waals surface area contributed by atoms with Crippen molar-refractivity contribution in [1.29, 1.82) is 5.26 Å². The van der Waals surface area contributed by atoms with E-state index in [0.29, 0.717) is 5.56 Å². The summed E-state index contributed by atoms with van der Waals surface area (Å²) in [6.45, 7) is 3.31. The minimum absolute atomic E-state index is 0.0219. The molecular weight excluding hydrogens is 468 g/mol. The number of benzene rings is 2. The van der Waals surface area contributed by atoms with Gasteiger partial charge in [0.25, 0.3) is 5.56 Å². The zero-order valence-corrected chi connectivity index (χ0v) is 19.4. The average molecular weight is 489 g/mol. The van der Waals surface area contributed by atoms with Gasteiger partial charge in [-0.2, -0.15) is 5.26 Å². The van der Waals surface area contributed by atoms with E-state index in [-0.39, 0.29) is 28.6 Å². The van der Waals surface area contributed by atoms with Crippen molar-refractivity contribution in [2.45, 2.75) is 32.4 Å². The molecule has 0 aliphatic heterocycles. The monoisotopic (exact) mass is 489 g/mol. The number of aryl methyl sites for hydroxylation is 1. The van der Waals surface area contributed by atoms with Gasteiger partial charge in [0.2, 0.25) is 5.91 Å². The molecule has 2 aromatic carbocycles. The highest BCUT2D eigenvalue weighted by Crippen LogP contribution is 2.20. The zero-order valence-electron chi connectivity index (χ0n) is 19.4. The molecule has 1 amide bonds. The fourth-order valence-corrected chi connectivity index (χ4v) is 4.04. The number of aromatic amines is 1. The van der Waals surface area contributed by atoms with Crippen LogP contribution in [-0.2, 0) is 11.2 Å². The summed E-state index contributed by atoms with van der Waals surface area (Å²) in [6.07, 6.45) is 1.15. The molecule has 0 fully saturated rings. The summed E-state index contributed by atoms with van der Waals surface area (Å²) in [5.41, 5.74) is -0.0963. The van der Waals surface area contributed by atoms with Crippen LogP contribution in [0.3, 0.4) is 0 Å². The summed E-state index contributed by atoms with van der Waals surface area (Å²) in [7, 11) is 0. The molecule has 2 N–H and O–H groups in total. The minimum atomic E-state index is -1.33. The second kappa shape index (κ2) is 9.92. The molecule has 0 spiro atoms. The third kappa shape index (κ3) is 4.77. The Morgan fingerprint density at radius 1 is 1.19 bits per heavy atom. The number of halogens is 2. The van der Waals surface area contributed by atoms with E-state index in [1.165, 1.54) is 19.2 Å². The molecule has 2 aromatic heterocycles. The van der Waals surface area contributed by atoms with E-state index >= 15 is 0 Å². The lowest BCUT2D eigenvalue weighted by Gasteiger charge is -2.22. The molecule has 2 atom stereocenters. The number of carbonyl (C=O) groups is 1. The molecule has 10 heteroatoms. The van der Waals surface area contributed by atoms with Crippen LogP contribution in [0.25, 0.3) is 10.9 Å². The SMILES string of the molecule is Cc1ccccc1C[C@@H](C(=O)N[C@H](C)c1ncc(C#N)cc1F)n1c(=O)[nH]c2ccc(F)cc2c1=O. The number of H-pyrrole nitrogens is 1. The fraction of sp³-hybridized carbons (Fsp3) is 0.192. The molecule has 0 radical (unpaired) electrons. The Morgan fingerprint density at radius 3 is 2.64 bits per heavy atom. The van der Waals surface area contributed by atoms with Gasteiger partial charge in [-0.15, -0.1) is 0 Å². The Morgan fingerprint density at radius 2 is 1.94 bits per heavy atom. The number of aromatic nitrogens is 3. The van der Waals surface area contributed by atoms with Gasteiger partial charge in [0.05, 0.1) is 28.2 Å². The molecule has 0 aliphatic rings. The molecule has 0 bridgehead atoms. The maximum Gasteiger partial charge on any atom is 0.329 e. The van der Waals surface area contributed by atoms with Crippen molar-refractivity contribution in [3.05, 3.63) is 110 Å². The molecule has 4 aromatic rings. The summed E-state index contributed by atoms with van der Waals surface area (Å²) in [5.74, 6) is -2.19. The molecule has 2 heterocycles. The Balaban J connectivity index is 1.79. The van der Waals surface area contributed by atoms with E-state index in [9.17, 15) is 23.2 Å². The van der Waals surface area contributed by atoms with Gasteiger partial charge in [-0.1, -0.05) is 24.3 Å². The van der Waals surface area contributed by atoms with E-state index in [4.69, 9.17) is 5.26 Å². The number of nitriles is 1. The summed E-state index contributed by atoms with van der Waals surface area (Å²) in [4.78, 5) is 46.2. The van der Waals surface area contributed by atoms with Gasteiger partial charge in [0.1, 0.15) is 23.7 Å². The largest absolute Gasteiger partial charge is 0.346 e. The number of amides is 1. The highest BCUT2D eigenvalue weighted by atomic mass is 19.1. The van der Waals surface area contributed by atoms with Crippen molar-refractivity contribution in [1.82, 2.24) is 19.9 Å². The van der Waals surface area contributed by atoms with Crippen LogP contribution < -0.4 is 16.6 Å². The first kappa shape index (κ1) is 24.5. The van der Waals surface area contributed by atoms with Crippen molar-refractivity contribution >= 4 is 16.8 Å². The molecule has 0 aliphatic carbocycles. The third-order valence-electron chi connectivity index (χ3n) is 5.95. The van der Waals surface area contributed by atoms with Gasteiger partial charge >= 0.3 is 5.69 Å². The molecule has 4 rings (SSSR count). The number of rotatable bonds is 6. The summed E-state index contributed by atoms with van der Waals surface area (Å²) < 4.78 is 29.1. The van der Waals surface area contributed by atoms with Gasteiger partial charge in [-0.25, -0.2) is 18.1 Å². The number of hydrogen-bond donors (Lipinski definition) is 2. The average Bonchev–Trinajstić information content (AvgIpc) is 2.84. The van der Waals surface area contributed by atoms with Gasteiger partial charge in [-0.3, -0.25) is 14.6 Å². The smallest absolute Gasteiger partial charge is 0.329 e. The predicted octanol–water partition coefficient (Wildman–Crippen LogP) is 3.20. The van der Waals surface area contributed by atoms with E-state index < -0.39 is 40.9 Å². The van der Waals surface area contributed by atoms with Crippen LogP contribution in [0, 0.1) is 29.9 Å². The molecule has 8 nitrogen and oxygen atoms in total. The first-order valence-corrected chi connectivity index (χ1v) is 11.0. The molecule has 0 unspecified atom stereocenters. The van der Waals surface area contributed by atoms with E-state index in [2.05, 4.69) is 15.3 Å². The molecular formula is C26H21F2N5O3. The quantitative estimate of drug-likeness (QED) is 0.431. The summed E-state index contributed by atoms with van der Waals surface area (Å²) >= 11 is 0. The van der Waals surface area contributed by atoms with Crippen LogP contribution in [0.2, 0.25) is 0 Å². The van der Waals surface area contributed by atoms with Crippen molar-refractivity contribution in [3.63, 3.8) is 0 Å². The maximum absolute atomic E-state index is 14.5. The highest BCUT2D eigenvalue weighted by molar-refractivity contribution is 5.82. The number of nitrogens with zero attached hydrogens (tertiary/aromatic N) is 3.